The molecule has 0 heterocycles. The van der Waals surface area contributed by atoms with Crippen molar-refractivity contribution in [3.63, 3.8) is 0 Å². The second-order valence-electron chi connectivity index (χ2n) is 7.08. The number of para-hydroxylation sites is 1. The first-order chi connectivity index (χ1) is 9.87. The van der Waals surface area contributed by atoms with Gasteiger partial charge in [-0.1, -0.05) is 44.1 Å². The van der Waals surface area contributed by atoms with Gasteiger partial charge in [-0.25, -0.2) is 0 Å². The van der Waals surface area contributed by atoms with E-state index in [1.807, 2.05) is 30.3 Å². The topological polar surface area (TPSA) is 61.7 Å². The van der Waals surface area contributed by atoms with Gasteiger partial charge in [-0.2, -0.15) is 0 Å². The van der Waals surface area contributed by atoms with Gasteiger partial charge in [0, 0.05) is 17.5 Å². The fourth-order valence-electron chi connectivity index (χ4n) is 4.31. The third-order valence-electron chi connectivity index (χ3n) is 6.32. The van der Waals surface area contributed by atoms with Crippen molar-refractivity contribution >= 4 is 17.3 Å². The van der Waals surface area contributed by atoms with E-state index in [2.05, 4.69) is 31.2 Å². The summed E-state index contributed by atoms with van der Waals surface area (Å²) in [5.41, 5.74) is 0.674. The van der Waals surface area contributed by atoms with Gasteiger partial charge < -0.3 is 10.5 Å². The molecule has 21 heavy (non-hydrogen) atoms. The average molecular weight is 286 g/mol. The molecule has 1 amide bonds. The summed E-state index contributed by atoms with van der Waals surface area (Å²) in [7, 11) is 0. The highest BCUT2D eigenvalue weighted by atomic mass is 16.4. The maximum Gasteiger partial charge on any atom is 0.231 e. The van der Waals surface area contributed by atoms with Crippen molar-refractivity contribution in [3.8, 4) is 0 Å². The van der Waals surface area contributed by atoms with E-state index in [0.29, 0.717) is 6.42 Å². The Bertz CT molecular complexity index is 608. The fraction of sp³-hybridized carbons (Fsp3) is 0.529. The molecule has 2 atom stereocenters. The molecule has 0 spiro atoms. The number of rotatable bonds is 2. The van der Waals surface area contributed by atoms with Gasteiger partial charge >= 0.3 is 0 Å². The number of hydrogen-bond donors (Lipinski definition) is 2. The van der Waals surface area contributed by atoms with Crippen LogP contribution in [0.4, 0.5) is 5.69 Å². The minimum atomic E-state index is -0.487. The number of oxime groups is 1. The summed E-state index contributed by atoms with van der Waals surface area (Å²) in [6.45, 7) is 6.37. The number of carbonyl (C=O) groups excluding carboxylic acids is 1. The SMILES string of the molecule is CC1(C)[C@]2(C(=O)Nc3ccccc3)CC[C@]1(C)/C(=N\O)C2. The molecule has 0 radical (unpaired) electrons. The van der Waals surface area contributed by atoms with Gasteiger partial charge in [0.15, 0.2) is 0 Å². The van der Waals surface area contributed by atoms with Crippen LogP contribution in [0.1, 0.15) is 40.0 Å². The Morgan fingerprint density at radius 3 is 2.43 bits per heavy atom. The molecule has 3 rings (SSSR count). The summed E-state index contributed by atoms with van der Waals surface area (Å²) in [4.78, 5) is 13.0. The lowest BCUT2D eigenvalue weighted by molar-refractivity contribution is -0.130. The third kappa shape index (κ3) is 1.62. The van der Waals surface area contributed by atoms with E-state index in [0.717, 1.165) is 24.2 Å². The summed E-state index contributed by atoms with van der Waals surface area (Å²) in [6, 6.07) is 9.53. The van der Waals surface area contributed by atoms with Gasteiger partial charge in [0.2, 0.25) is 5.91 Å². The van der Waals surface area contributed by atoms with Crippen LogP contribution >= 0.6 is 0 Å². The van der Waals surface area contributed by atoms with Crippen LogP contribution in [0.2, 0.25) is 0 Å². The van der Waals surface area contributed by atoms with E-state index < -0.39 is 5.41 Å². The quantitative estimate of drug-likeness (QED) is 0.643. The van der Waals surface area contributed by atoms with Crippen LogP contribution in [-0.2, 0) is 4.79 Å². The fourth-order valence-corrected chi connectivity index (χ4v) is 4.31. The lowest BCUT2D eigenvalue weighted by Crippen LogP contribution is -2.43. The Hall–Kier alpha value is -1.84. The van der Waals surface area contributed by atoms with Gasteiger partial charge in [-0.05, 0) is 30.4 Å². The first kappa shape index (κ1) is 14.1. The number of hydrogen-bond acceptors (Lipinski definition) is 3. The van der Waals surface area contributed by atoms with Crippen molar-refractivity contribution in [2.75, 3.05) is 5.32 Å². The van der Waals surface area contributed by atoms with Crippen LogP contribution in [0.25, 0.3) is 0 Å². The van der Waals surface area contributed by atoms with Gasteiger partial charge in [-0.15, -0.1) is 0 Å². The molecule has 0 aliphatic heterocycles. The predicted molar refractivity (Wildman–Crippen MR) is 82.5 cm³/mol. The predicted octanol–water partition coefficient (Wildman–Crippen LogP) is 3.67. The second kappa shape index (κ2) is 4.33. The highest BCUT2D eigenvalue weighted by Gasteiger charge is 2.71. The molecule has 0 unspecified atom stereocenters. The molecule has 112 valence electrons. The molecule has 0 saturated heterocycles. The number of nitrogens with one attached hydrogen (secondary N) is 1. The standard InChI is InChI=1S/C17H22N2O2/c1-15(2)16(3)9-10-17(15,11-13(16)19-21)14(20)18-12-7-5-4-6-8-12/h4-8,21H,9-11H2,1-3H3,(H,18,20)/b19-13-/t16-,17-/m1/s1. The van der Waals surface area contributed by atoms with Gasteiger partial charge in [-0.3, -0.25) is 4.79 Å². The normalized spacial score (nSPS) is 35.1. The zero-order valence-electron chi connectivity index (χ0n) is 12.8. The first-order valence-electron chi connectivity index (χ1n) is 7.45. The van der Waals surface area contributed by atoms with Crippen LogP contribution in [0, 0.1) is 16.2 Å². The lowest BCUT2D eigenvalue weighted by atomic mass is 9.64. The van der Waals surface area contributed by atoms with E-state index in [-0.39, 0.29) is 16.7 Å². The van der Waals surface area contributed by atoms with E-state index in [1.54, 1.807) is 0 Å². The number of benzene rings is 1. The van der Waals surface area contributed by atoms with Crippen LogP contribution in [0.3, 0.4) is 0 Å². The zero-order valence-corrected chi connectivity index (χ0v) is 12.8. The molecular formula is C17H22N2O2. The third-order valence-corrected chi connectivity index (χ3v) is 6.32. The number of anilines is 1. The van der Waals surface area contributed by atoms with Gasteiger partial charge in [0.05, 0.1) is 11.1 Å². The molecule has 2 saturated carbocycles. The van der Waals surface area contributed by atoms with Crippen molar-refractivity contribution in [1.29, 1.82) is 0 Å². The summed E-state index contributed by atoms with van der Waals surface area (Å²) in [5.74, 6) is 0.0427. The smallest absolute Gasteiger partial charge is 0.231 e. The largest absolute Gasteiger partial charge is 0.411 e. The average Bonchev–Trinajstić information content (AvgIpc) is 2.78. The summed E-state index contributed by atoms with van der Waals surface area (Å²) in [6.07, 6.45) is 2.28. The van der Waals surface area contributed by atoms with Crippen molar-refractivity contribution in [2.45, 2.75) is 40.0 Å². The number of nitrogens with zero attached hydrogens (tertiary/aromatic N) is 1. The molecule has 4 heteroatoms. The van der Waals surface area contributed by atoms with Crippen LogP contribution < -0.4 is 5.32 Å². The molecule has 2 bridgehead atoms. The van der Waals surface area contributed by atoms with Crippen LogP contribution in [0.5, 0.6) is 0 Å². The minimum absolute atomic E-state index is 0.0427. The Kier molecular flexibility index (Phi) is 2.91. The van der Waals surface area contributed by atoms with Gasteiger partial charge in [0.1, 0.15) is 0 Å². The Labute approximate surface area is 125 Å². The number of fused-ring (bicyclic) bond motifs is 2. The minimum Gasteiger partial charge on any atom is -0.411 e. The molecule has 1 aromatic rings. The van der Waals surface area contributed by atoms with Crippen molar-refractivity contribution in [3.05, 3.63) is 30.3 Å². The number of amides is 1. The van der Waals surface area contributed by atoms with Crippen LogP contribution in [0.15, 0.2) is 35.5 Å². The highest BCUT2D eigenvalue weighted by molar-refractivity contribution is 6.06. The zero-order chi connectivity index (χ0) is 15.3. The molecule has 1 aromatic carbocycles. The molecule has 0 aromatic heterocycles. The Morgan fingerprint density at radius 1 is 1.19 bits per heavy atom. The summed E-state index contributed by atoms with van der Waals surface area (Å²) >= 11 is 0. The van der Waals surface area contributed by atoms with E-state index in [1.165, 1.54) is 0 Å². The van der Waals surface area contributed by atoms with E-state index in [9.17, 15) is 10.0 Å². The molecular weight excluding hydrogens is 264 g/mol. The maximum absolute atomic E-state index is 13.0. The monoisotopic (exact) mass is 286 g/mol. The highest BCUT2D eigenvalue weighted by Crippen LogP contribution is 2.71. The first-order valence-corrected chi connectivity index (χ1v) is 7.45. The molecule has 2 aliphatic rings. The summed E-state index contributed by atoms with van der Waals surface area (Å²) < 4.78 is 0. The molecule has 2 N–H and O–H groups in total. The molecule has 4 nitrogen and oxygen atoms in total. The van der Waals surface area contributed by atoms with Crippen molar-refractivity contribution in [1.82, 2.24) is 0 Å². The second-order valence-corrected chi connectivity index (χ2v) is 7.08. The molecule has 2 fully saturated rings. The number of carbonyl (C=O) groups is 1. The van der Waals surface area contributed by atoms with E-state index >= 15 is 0 Å². The van der Waals surface area contributed by atoms with Gasteiger partial charge in [0.25, 0.3) is 0 Å². The lowest BCUT2D eigenvalue weighted by Gasteiger charge is -2.39. The Morgan fingerprint density at radius 2 is 1.86 bits per heavy atom. The Balaban J connectivity index is 1.96. The van der Waals surface area contributed by atoms with Crippen molar-refractivity contribution < 1.29 is 10.0 Å². The maximum atomic E-state index is 13.0. The van der Waals surface area contributed by atoms with Crippen molar-refractivity contribution in [2.24, 2.45) is 21.4 Å². The molecule has 2 aliphatic carbocycles. The summed E-state index contributed by atoms with van der Waals surface area (Å²) in [5, 5.41) is 15.9. The van der Waals surface area contributed by atoms with Crippen LogP contribution in [-0.4, -0.2) is 16.8 Å². The van der Waals surface area contributed by atoms with E-state index in [4.69, 9.17) is 0 Å².